The number of aromatic nitrogens is 2. The summed E-state index contributed by atoms with van der Waals surface area (Å²) >= 11 is 1.61. The summed E-state index contributed by atoms with van der Waals surface area (Å²) in [4.78, 5) is 8.54. The molecule has 102 valence electrons. The van der Waals surface area contributed by atoms with E-state index in [0.717, 1.165) is 27.2 Å². The van der Waals surface area contributed by atoms with E-state index in [4.69, 9.17) is 5.73 Å². The first-order valence-electron chi connectivity index (χ1n) is 6.15. The first kappa shape index (κ1) is 12.7. The number of nitrogens with zero attached hydrogens (tertiary/aromatic N) is 2. The summed E-state index contributed by atoms with van der Waals surface area (Å²) in [5, 5.41) is 15.1. The van der Waals surface area contributed by atoms with Gasteiger partial charge in [0.25, 0.3) is 0 Å². The second-order valence-corrected chi connectivity index (χ2v) is 5.44. The number of phenolic OH excluding ortho intramolecular Hbond substituents is 1. The third kappa shape index (κ3) is 2.25. The van der Waals surface area contributed by atoms with Crippen molar-refractivity contribution in [3.63, 3.8) is 0 Å². The molecule has 0 saturated carbocycles. The zero-order chi connectivity index (χ0) is 14.1. The van der Waals surface area contributed by atoms with Crippen LogP contribution in [0.3, 0.4) is 0 Å². The maximum atomic E-state index is 9.80. The molecule has 0 fully saturated rings. The number of aryl methyl sites for hydroxylation is 1. The highest BCUT2D eigenvalue weighted by Gasteiger charge is 2.09. The molecule has 0 amide bonds. The number of nitrogens with one attached hydrogen (secondary N) is 1. The highest BCUT2D eigenvalue weighted by molar-refractivity contribution is 7.18. The topological polar surface area (TPSA) is 84.1 Å². The summed E-state index contributed by atoms with van der Waals surface area (Å²) in [6, 6.07) is 5.02. The molecule has 0 spiro atoms. The lowest BCUT2D eigenvalue weighted by atomic mass is 10.2. The Labute approximate surface area is 120 Å². The molecule has 0 atom stereocenters. The van der Waals surface area contributed by atoms with Crippen molar-refractivity contribution in [2.75, 3.05) is 11.1 Å². The Morgan fingerprint density at radius 1 is 1.35 bits per heavy atom. The van der Waals surface area contributed by atoms with Crippen molar-refractivity contribution in [2.45, 2.75) is 13.5 Å². The maximum Gasteiger partial charge on any atom is 0.147 e. The van der Waals surface area contributed by atoms with Crippen molar-refractivity contribution in [2.24, 2.45) is 0 Å². The number of phenols is 1. The molecule has 0 aliphatic heterocycles. The molecule has 0 radical (unpaired) electrons. The maximum absolute atomic E-state index is 9.80. The lowest BCUT2D eigenvalue weighted by Crippen LogP contribution is -2.02. The summed E-state index contributed by atoms with van der Waals surface area (Å²) < 4.78 is 1.02. The van der Waals surface area contributed by atoms with E-state index in [-0.39, 0.29) is 5.75 Å². The van der Waals surface area contributed by atoms with E-state index in [1.54, 1.807) is 35.9 Å². The number of nitrogens with two attached hydrogens (primary N) is 1. The van der Waals surface area contributed by atoms with Crippen LogP contribution >= 0.6 is 11.3 Å². The monoisotopic (exact) mass is 286 g/mol. The Morgan fingerprint density at radius 3 is 3.05 bits per heavy atom. The van der Waals surface area contributed by atoms with Gasteiger partial charge in [0.2, 0.25) is 0 Å². The van der Waals surface area contributed by atoms with Crippen molar-refractivity contribution in [3.8, 4) is 5.75 Å². The van der Waals surface area contributed by atoms with Crippen LogP contribution in [0.5, 0.6) is 5.75 Å². The lowest BCUT2D eigenvalue weighted by Gasteiger charge is -2.08. The second-order valence-electron chi connectivity index (χ2n) is 4.56. The fourth-order valence-corrected chi connectivity index (χ4v) is 2.99. The number of hydrogen-bond donors (Lipinski definition) is 3. The van der Waals surface area contributed by atoms with Gasteiger partial charge in [-0.2, -0.15) is 0 Å². The summed E-state index contributed by atoms with van der Waals surface area (Å²) in [7, 11) is 0. The molecule has 0 unspecified atom stereocenters. The van der Waals surface area contributed by atoms with E-state index in [1.807, 2.05) is 6.92 Å². The normalized spacial score (nSPS) is 10.8. The molecular weight excluding hydrogens is 272 g/mol. The fraction of sp³-hybridized carbons (Fsp3) is 0.143. The van der Waals surface area contributed by atoms with E-state index >= 15 is 0 Å². The van der Waals surface area contributed by atoms with Gasteiger partial charge in [0, 0.05) is 17.8 Å². The van der Waals surface area contributed by atoms with Crippen molar-refractivity contribution in [1.82, 2.24) is 9.97 Å². The van der Waals surface area contributed by atoms with Crippen LogP contribution in [0.15, 0.2) is 29.9 Å². The van der Waals surface area contributed by atoms with Gasteiger partial charge < -0.3 is 16.2 Å². The molecule has 3 rings (SSSR count). The van der Waals surface area contributed by atoms with Crippen molar-refractivity contribution >= 4 is 33.1 Å². The standard InChI is InChI=1S/C14H14N4OS/c1-8-6-20-13-12(8)17-7-18-14(13)16-5-9-4-10(15)2-3-11(9)19/h2-4,6-7,19H,5,15H2,1H3,(H,16,17,18). The number of benzene rings is 1. The minimum absolute atomic E-state index is 0.222. The molecule has 5 nitrogen and oxygen atoms in total. The largest absolute Gasteiger partial charge is 0.508 e. The molecule has 6 heteroatoms. The van der Waals surface area contributed by atoms with Crippen molar-refractivity contribution in [3.05, 3.63) is 41.0 Å². The van der Waals surface area contributed by atoms with Gasteiger partial charge >= 0.3 is 0 Å². The molecule has 1 aromatic carbocycles. The number of rotatable bonds is 3. The Hall–Kier alpha value is -2.34. The average Bonchev–Trinajstić information content (AvgIpc) is 2.82. The minimum Gasteiger partial charge on any atom is -0.508 e. The van der Waals surface area contributed by atoms with Gasteiger partial charge in [0.15, 0.2) is 0 Å². The van der Waals surface area contributed by atoms with Crippen LogP contribution in [0.2, 0.25) is 0 Å². The predicted octanol–water partition coefficient (Wildman–Crippen LogP) is 2.90. The number of fused-ring (bicyclic) bond motifs is 1. The van der Waals surface area contributed by atoms with Crippen molar-refractivity contribution < 1.29 is 5.11 Å². The third-order valence-corrected chi connectivity index (χ3v) is 4.17. The van der Waals surface area contributed by atoms with Gasteiger partial charge in [0.05, 0.1) is 10.2 Å². The predicted molar refractivity (Wildman–Crippen MR) is 82.0 cm³/mol. The quantitative estimate of drug-likeness (QED) is 0.509. The molecular formula is C14H14N4OS. The number of nitrogen functional groups attached to an aromatic ring is 1. The average molecular weight is 286 g/mol. The summed E-state index contributed by atoms with van der Waals surface area (Å²) in [6.45, 7) is 2.49. The van der Waals surface area contributed by atoms with E-state index in [1.165, 1.54) is 0 Å². The Morgan fingerprint density at radius 2 is 2.20 bits per heavy atom. The van der Waals surface area contributed by atoms with Crippen molar-refractivity contribution in [1.29, 1.82) is 0 Å². The van der Waals surface area contributed by atoms with Crippen LogP contribution in [0.4, 0.5) is 11.5 Å². The first-order valence-corrected chi connectivity index (χ1v) is 7.03. The van der Waals surface area contributed by atoms with Gasteiger partial charge in [-0.1, -0.05) is 0 Å². The van der Waals surface area contributed by atoms with Crippen LogP contribution in [0.1, 0.15) is 11.1 Å². The SMILES string of the molecule is Cc1csc2c(NCc3cc(N)ccc3O)ncnc12. The molecule has 0 saturated heterocycles. The van der Waals surface area contributed by atoms with E-state index in [2.05, 4.69) is 20.7 Å². The van der Waals surface area contributed by atoms with E-state index in [9.17, 15) is 5.11 Å². The van der Waals surface area contributed by atoms with Gasteiger partial charge in [-0.3, -0.25) is 0 Å². The summed E-state index contributed by atoms with van der Waals surface area (Å²) in [5.41, 5.74) is 9.20. The second kappa shape index (κ2) is 4.97. The zero-order valence-corrected chi connectivity index (χ0v) is 11.7. The molecule has 2 aromatic heterocycles. The molecule has 3 aromatic rings. The lowest BCUT2D eigenvalue weighted by molar-refractivity contribution is 0.469. The van der Waals surface area contributed by atoms with Crippen LogP contribution in [-0.4, -0.2) is 15.1 Å². The highest BCUT2D eigenvalue weighted by Crippen LogP contribution is 2.29. The van der Waals surface area contributed by atoms with Gasteiger partial charge in [-0.15, -0.1) is 11.3 Å². The van der Waals surface area contributed by atoms with Crippen LogP contribution in [0.25, 0.3) is 10.2 Å². The van der Waals surface area contributed by atoms with Crippen LogP contribution in [-0.2, 0) is 6.54 Å². The van der Waals surface area contributed by atoms with Gasteiger partial charge in [0.1, 0.15) is 17.9 Å². The van der Waals surface area contributed by atoms with E-state index < -0.39 is 0 Å². The molecule has 4 N–H and O–H groups in total. The van der Waals surface area contributed by atoms with Crippen LogP contribution in [0, 0.1) is 6.92 Å². The van der Waals surface area contributed by atoms with Gasteiger partial charge in [-0.05, 0) is 36.1 Å². The smallest absolute Gasteiger partial charge is 0.147 e. The Kier molecular flexibility index (Phi) is 3.15. The molecule has 0 aliphatic carbocycles. The molecule has 20 heavy (non-hydrogen) atoms. The fourth-order valence-electron chi connectivity index (χ4n) is 2.02. The van der Waals surface area contributed by atoms with E-state index in [0.29, 0.717) is 12.2 Å². The number of hydrogen-bond acceptors (Lipinski definition) is 6. The third-order valence-electron chi connectivity index (χ3n) is 3.08. The molecule has 0 aliphatic rings. The Balaban J connectivity index is 1.88. The molecule has 2 heterocycles. The summed E-state index contributed by atoms with van der Waals surface area (Å²) in [6.07, 6.45) is 1.55. The summed E-state index contributed by atoms with van der Waals surface area (Å²) in [5.74, 6) is 0.995. The first-order chi connectivity index (χ1) is 9.65. The van der Waals surface area contributed by atoms with Crippen LogP contribution < -0.4 is 11.1 Å². The number of anilines is 2. The zero-order valence-electron chi connectivity index (χ0n) is 10.9. The number of thiophene rings is 1. The number of aromatic hydroxyl groups is 1. The molecule has 0 bridgehead atoms. The Bertz CT molecular complexity index is 769. The minimum atomic E-state index is 0.222. The van der Waals surface area contributed by atoms with Gasteiger partial charge in [-0.25, -0.2) is 9.97 Å². The highest BCUT2D eigenvalue weighted by atomic mass is 32.1.